The fraction of sp³-hybridized carbons (Fsp3) is 0.222. The molecule has 1 unspecified atom stereocenters. The Balaban J connectivity index is 2.27. The first-order valence-corrected chi connectivity index (χ1v) is 8.46. The quantitative estimate of drug-likeness (QED) is 0.611. The molecule has 2 aromatic rings. The Hall–Kier alpha value is -1.78. The van der Waals surface area contributed by atoms with Gasteiger partial charge in [0.05, 0.1) is 0 Å². The van der Waals surface area contributed by atoms with Crippen molar-refractivity contribution in [1.29, 1.82) is 0 Å². The fourth-order valence-electron chi connectivity index (χ4n) is 2.23. The van der Waals surface area contributed by atoms with Gasteiger partial charge in [0, 0.05) is 11.8 Å². The van der Waals surface area contributed by atoms with Crippen LogP contribution in [0.4, 0.5) is 0 Å². The number of hydrogen-bond acceptors (Lipinski definition) is 3. The van der Waals surface area contributed by atoms with Crippen LogP contribution in [-0.2, 0) is 16.0 Å². The Labute approximate surface area is 144 Å². The summed E-state index contributed by atoms with van der Waals surface area (Å²) in [6, 6.07) is 15.7. The first-order valence-electron chi connectivity index (χ1n) is 7.21. The molecule has 0 aliphatic carbocycles. The lowest BCUT2D eigenvalue weighted by atomic mass is 10.0. The maximum absolute atomic E-state index is 11.5. The van der Waals surface area contributed by atoms with Crippen LogP contribution in [0, 0.1) is 0 Å². The molecule has 23 heavy (non-hydrogen) atoms. The van der Waals surface area contributed by atoms with Crippen molar-refractivity contribution < 1.29 is 14.7 Å². The molecular weight excluding hydrogens is 332 g/mol. The molecule has 0 radical (unpaired) electrons. The van der Waals surface area contributed by atoms with Crippen molar-refractivity contribution in [3.05, 3.63) is 54.1 Å². The van der Waals surface area contributed by atoms with Crippen LogP contribution in [0.15, 0.2) is 53.4 Å². The second-order valence-electron chi connectivity index (χ2n) is 5.13. The summed E-state index contributed by atoms with van der Waals surface area (Å²) in [7, 11) is 0. The van der Waals surface area contributed by atoms with Gasteiger partial charge in [0.2, 0.25) is 0 Å². The minimum atomic E-state index is -1.01. The predicted molar refractivity (Wildman–Crippen MR) is 94.0 cm³/mol. The van der Waals surface area contributed by atoms with E-state index in [9.17, 15) is 9.59 Å². The molecule has 0 bridgehead atoms. The number of halogens is 1. The zero-order valence-electron chi connectivity index (χ0n) is 12.7. The molecule has 0 saturated carbocycles. The van der Waals surface area contributed by atoms with Crippen molar-refractivity contribution in [1.82, 2.24) is 0 Å². The van der Waals surface area contributed by atoms with Crippen molar-refractivity contribution in [3.8, 4) is 11.1 Å². The van der Waals surface area contributed by atoms with E-state index in [-0.39, 0.29) is 5.12 Å². The summed E-state index contributed by atoms with van der Waals surface area (Å²) in [4.78, 5) is 23.2. The second-order valence-corrected chi connectivity index (χ2v) is 6.88. The molecule has 0 spiro atoms. The normalized spacial score (nSPS) is 11.9. The number of aliphatic carboxylic acids is 1. The van der Waals surface area contributed by atoms with Gasteiger partial charge in [0.15, 0.2) is 5.12 Å². The van der Waals surface area contributed by atoms with Gasteiger partial charge in [-0.25, -0.2) is 0 Å². The van der Waals surface area contributed by atoms with Gasteiger partial charge < -0.3 is 5.11 Å². The van der Waals surface area contributed by atoms with Crippen LogP contribution >= 0.6 is 23.4 Å². The number of benzene rings is 2. The molecule has 2 rings (SSSR count). The first-order chi connectivity index (χ1) is 11.0. The molecule has 0 aliphatic heterocycles. The van der Waals surface area contributed by atoms with Gasteiger partial charge in [-0.2, -0.15) is 0 Å². The molecule has 2 aromatic carbocycles. The zero-order chi connectivity index (χ0) is 16.8. The van der Waals surface area contributed by atoms with Crippen molar-refractivity contribution >= 4 is 34.4 Å². The SMILES string of the molecule is CC(=O)Sc1cc(CCC(Cl)C(=O)O)ccc1-c1ccccc1. The number of carbonyl (C=O) groups excluding carboxylic acids is 1. The van der Waals surface area contributed by atoms with Crippen LogP contribution in [0.2, 0.25) is 0 Å². The summed E-state index contributed by atoms with van der Waals surface area (Å²) in [6.45, 7) is 1.53. The van der Waals surface area contributed by atoms with Gasteiger partial charge in [-0.3, -0.25) is 9.59 Å². The van der Waals surface area contributed by atoms with Crippen molar-refractivity contribution in [2.45, 2.75) is 30.0 Å². The monoisotopic (exact) mass is 348 g/mol. The van der Waals surface area contributed by atoms with Gasteiger partial charge in [-0.05, 0) is 35.6 Å². The highest BCUT2D eigenvalue weighted by atomic mass is 35.5. The number of carboxylic acid groups (broad SMARTS) is 1. The van der Waals surface area contributed by atoms with Crippen LogP contribution in [0.5, 0.6) is 0 Å². The Bertz CT molecular complexity index is 701. The van der Waals surface area contributed by atoms with E-state index < -0.39 is 11.3 Å². The first kappa shape index (κ1) is 17.6. The molecule has 0 saturated heterocycles. The van der Waals surface area contributed by atoms with Gasteiger partial charge in [0.25, 0.3) is 0 Å². The van der Waals surface area contributed by atoms with E-state index in [4.69, 9.17) is 16.7 Å². The molecule has 0 aromatic heterocycles. The maximum atomic E-state index is 11.5. The number of carboxylic acids is 1. The Morgan fingerprint density at radius 1 is 1.17 bits per heavy atom. The maximum Gasteiger partial charge on any atom is 0.321 e. The summed E-state index contributed by atoms with van der Waals surface area (Å²) in [5.74, 6) is -1.01. The molecule has 0 aliphatic rings. The fourth-order valence-corrected chi connectivity index (χ4v) is 3.16. The van der Waals surface area contributed by atoms with Crippen LogP contribution in [0.3, 0.4) is 0 Å². The minimum Gasteiger partial charge on any atom is -0.480 e. The van der Waals surface area contributed by atoms with E-state index in [1.165, 1.54) is 18.7 Å². The van der Waals surface area contributed by atoms with E-state index in [0.717, 1.165) is 21.6 Å². The standard InChI is InChI=1S/C18H17ClO3S/c1-12(20)23-17-11-13(8-10-16(19)18(21)22)7-9-15(17)14-5-3-2-4-6-14/h2-7,9,11,16H,8,10H2,1H3,(H,21,22). The smallest absolute Gasteiger partial charge is 0.321 e. The molecule has 1 atom stereocenters. The lowest BCUT2D eigenvalue weighted by Gasteiger charge is -2.11. The summed E-state index contributed by atoms with van der Waals surface area (Å²) < 4.78 is 0. The van der Waals surface area contributed by atoms with Gasteiger partial charge in [-0.15, -0.1) is 11.6 Å². The summed E-state index contributed by atoms with van der Waals surface area (Å²) in [5.41, 5.74) is 3.01. The Morgan fingerprint density at radius 3 is 2.48 bits per heavy atom. The van der Waals surface area contributed by atoms with Gasteiger partial charge in [-0.1, -0.05) is 54.2 Å². The number of aryl methyl sites for hydroxylation is 1. The summed E-state index contributed by atoms with van der Waals surface area (Å²) >= 11 is 6.94. The van der Waals surface area contributed by atoms with Crippen LogP contribution < -0.4 is 0 Å². The van der Waals surface area contributed by atoms with Gasteiger partial charge in [0.1, 0.15) is 5.38 Å². The number of rotatable bonds is 6. The summed E-state index contributed by atoms with van der Waals surface area (Å²) in [5, 5.41) is 7.96. The third-order valence-electron chi connectivity index (χ3n) is 3.34. The summed E-state index contributed by atoms with van der Waals surface area (Å²) in [6.07, 6.45) is 0.909. The predicted octanol–water partition coefficient (Wildman–Crippen LogP) is 4.62. The van der Waals surface area contributed by atoms with Crippen molar-refractivity contribution in [2.24, 2.45) is 0 Å². The third-order valence-corrected chi connectivity index (χ3v) is 4.59. The Morgan fingerprint density at radius 2 is 1.87 bits per heavy atom. The van der Waals surface area contributed by atoms with Gasteiger partial charge >= 0.3 is 5.97 Å². The van der Waals surface area contributed by atoms with Crippen molar-refractivity contribution in [2.75, 3.05) is 0 Å². The van der Waals surface area contributed by atoms with E-state index in [0.29, 0.717) is 12.8 Å². The molecule has 5 heteroatoms. The average molecular weight is 349 g/mol. The van der Waals surface area contributed by atoms with E-state index in [1.807, 2.05) is 48.5 Å². The molecule has 0 fully saturated rings. The lowest BCUT2D eigenvalue weighted by Crippen LogP contribution is -2.13. The number of alkyl halides is 1. The van der Waals surface area contributed by atoms with Crippen LogP contribution in [0.1, 0.15) is 18.9 Å². The van der Waals surface area contributed by atoms with Crippen LogP contribution in [-0.4, -0.2) is 21.6 Å². The molecule has 3 nitrogen and oxygen atoms in total. The molecule has 1 N–H and O–H groups in total. The topological polar surface area (TPSA) is 54.4 Å². The Kier molecular flexibility index (Phi) is 6.25. The van der Waals surface area contributed by atoms with Crippen LogP contribution in [0.25, 0.3) is 11.1 Å². The highest BCUT2D eigenvalue weighted by molar-refractivity contribution is 8.13. The third kappa shape index (κ3) is 5.12. The number of carbonyl (C=O) groups is 2. The van der Waals surface area contributed by atoms with E-state index in [2.05, 4.69) is 0 Å². The molecular formula is C18H17ClO3S. The van der Waals surface area contributed by atoms with E-state index in [1.54, 1.807) is 0 Å². The highest BCUT2D eigenvalue weighted by Gasteiger charge is 2.14. The minimum absolute atomic E-state index is 0.0140. The largest absolute Gasteiger partial charge is 0.480 e. The number of hydrogen-bond donors (Lipinski definition) is 1. The second kappa shape index (κ2) is 8.18. The zero-order valence-corrected chi connectivity index (χ0v) is 14.2. The molecule has 0 amide bonds. The van der Waals surface area contributed by atoms with E-state index >= 15 is 0 Å². The number of thioether (sulfide) groups is 1. The molecule has 0 heterocycles. The average Bonchev–Trinajstić information content (AvgIpc) is 2.53. The van der Waals surface area contributed by atoms with Crippen molar-refractivity contribution in [3.63, 3.8) is 0 Å². The lowest BCUT2D eigenvalue weighted by molar-refractivity contribution is -0.136. The molecule has 120 valence electrons. The highest BCUT2D eigenvalue weighted by Crippen LogP contribution is 2.33.